The predicted octanol–water partition coefficient (Wildman–Crippen LogP) is 2.78. The maximum atomic E-state index is 13.8. The molecule has 0 radical (unpaired) electrons. The normalized spacial score (nSPS) is 18.2. The Morgan fingerprint density at radius 2 is 2.03 bits per heavy atom. The lowest BCUT2D eigenvalue weighted by Gasteiger charge is -2.27. The number of morpholine rings is 1. The lowest BCUT2D eigenvalue weighted by atomic mass is 9.89. The molecule has 1 atom stereocenters. The number of benzene rings is 1. The Labute approximate surface area is 215 Å². The number of carbonyl (C=O) groups excluding carboxylic acids is 1. The second-order valence-corrected chi connectivity index (χ2v) is 10.9. The van der Waals surface area contributed by atoms with Gasteiger partial charge in [0.25, 0.3) is 5.56 Å². The molecule has 2 aliphatic rings. The second-order valence-electron chi connectivity index (χ2n) is 9.79. The van der Waals surface area contributed by atoms with Gasteiger partial charge in [-0.3, -0.25) is 19.1 Å². The Hall–Kier alpha value is -2.75. The minimum absolute atomic E-state index is 0.0227. The molecule has 0 bridgehead atoms. The quantitative estimate of drug-likeness (QED) is 0.502. The van der Waals surface area contributed by atoms with Crippen molar-refractivity contribution < 1.29 is 14.3 Å². The fourth-order valence-corrected chi connectivity index (χ4v) is 6.44. The summed E-state index contributed by atoms with van der Waals surface area (Å²) in [7, 11) is 1.64. The first-order valence-electron chi connectivity index (χ1n) is 12.8. The van der Waals surface area contributed by atoms with E-state index in [-0.39, 0.29) is 18.0 Å². The van der Waals surface area contributed by atoms with Crippen LogP contribution in [-0.2, 0) is 41.9 Å². The predicted molar refractivity (Wildman–Crippen MR) is 141 cm³/mol. The highest BCUT2D eigenvalue weighted by Gasteiger charge is 2.26. The van der Waals surface area contributed by atoms with E-state index in [0.717, 1.165) is 59.4 Å². The Kier molecular flexibility index (Phi) is 7.69. The Morgan fingerprint density at radius 3 is 2.78 bits per heavy atom. The molecule has 1 aliphatic heterocycles. The standard InChI is InChI=1S/C27H34N4O4S/c1-18-3-8-21-22(15-18)36-26-25(21)27(33)31(23(29-26)16-30-11-13-35-14-12-30)17-24(32)28-10-9-19-4-6-20(34-2)7-5-19/h4-7,18H,3,8-17H2,1-2H3,(H,28,32)/t18-/m1/s1. The van der Waals surface area contributed by atoms with Gasteiger partial charge in [0.1, 0.15) is 22.9 Å². The molecule has 1 N–H and O–H groups in total. The number of aryl methyl sites for hydroxylation is 1. The summed E-state index contributed by atoms with van der Waals surface area (Å²) in [5.74, 6) is 1.92. The monoisotopic (exact) mass is 510 g/mol. The van der Waals surface area contributed by atoms with Crippen molar-refractivity contribution in [2.75, 3.05) is 40.0 Å². The van der Waals surface area contributed by atoms with Crippen molar-refractivity contribution in [3.8, 4) is 5.75 Å². The zero-order valence-corrected chi connectivity index (χ0v) is 21.9. The van der Waals surface area contributed by atoms with Gasteiger partial charge in [-0.05, 0) is 54.9 Å². The van der Waals surface area contributed by atoms with E-state index in [1.54, 1.807) is 23.0 Å². The molecule has 1 amide bonds. The molecule has 1 saturated heterocycles. The van der Waals surface area contributed by atoms with E-state index < -0.39 is 0 Å². The highest BCUT2D eigenvalue weighted by Crippen LogP contribution is 2.36. The number of hydrogen-bond acceptors (Lipinski definition) is 7. The van der Waals surface area contributed by atoms with Crippen molar-refractivity contribution in [1.82, 2.24) is 19.8 Å². The smallest absolute Gasteiger partial charge is 0.263 e. The first kappa shape index (κ1) is 24.9. The summed E-state index contributed by atoms with van der Waals surface area (Å²) in [5.41, 5.74) is 2.18. The van der Waals surface area contributed by atoms with E-state index in [0.29, 0.717) is 44.5 Å². The lowest BCUT2D eigenvalue weighted by Crippen LogP contribution is -2.40. The minimum atomic E-state index is -0.173. The summed E-state index contributed by atoms with van der Waals surface area (Å²) in [5, 5.41) is 3.71. The summed E-state index contributed by atoms with van der Waals surface area (Å²) in [6.07, 6.45) is 3.70. The zero-order chi connectivity index (χ0) is 25.1. The number of thiophene rings is 1. The van der Waals surface area contributed by atoms with Crippen molar-refractivity contribution >= 4 is 27.5 Å². The molecule has 9 heteroatoms. The van der Waals surface area contributed by atoms with Gasteiger partial charge in [0, 0.05) is 24.5 Å². The van der Waals surface area contributed by atoms with Crippen molar-refractivity contribution in [2.24, 2.45) is 5.92 Å². The van der Waals surface area contributed by atoms with Gasteiger partial charge < -0.3 is 14.8 Å². The molecular weight excluding hydrogens is 476 g/mol. The number of aromatic nitrogens is 2. The van der Waals surface area contributed by atoms with Gasteiger partial charge in [0.05, 0.1) is 32.3 Å². The van der Waals surface area contributed by atoms with Crippen LogP contribution in [0.3, 0.4) is 0 Å². The first-order valence-corrected chi connectivity index (χ1v) is 13.6. The van der Waals surface area contributed by atoms with Crippen LogP contribution in [0.25, 0.3) is 10.2 Å². The summed E-state index contributed by atoms with van der Waals surface area (Å²) in [4.78, 5) is 36.1. The van der Waals surface area contributed by atoms with Crippen LogP contribution in [0.15, 0.2) is 29.1 Å². The molecule has 0 saturated carbocycles. The number of ether oxygens (including phenoxy) is 2. The van der Waals surface area contributed by atoms with Crippen LogP contribution < -0.4 is 15.6 Å². The van der Waals surface area contributed by atoms with Crippen LogP contribution in [0.1, 0.15) is 35.2 Å². The van der Waals surface area contributed by atoms with Crippen molar-refractivity contribution in [3.05, 3.63) is 56.4 Å². The first-order chi connectivity index (χ1) is 17.5. The molecule has 3 aromatic rings. The van der Waals surface area contributed by atoms with E-state index >= 15 is 0 Å². The van der Waals surface area contributed by atoms with E-state index in [1.165, 1.54) is 4.88 Å². The Balaban J connectivity index is 1.37. The third-order valence-electron chi connectivity index (χ3n) is 7.16. The number of amides is 1. The average Bonchev–Trinajstić information content (AvgIpc) is 3.24. The summed E-state index contributed by atoms with van der Waals surface area (Å²) < 4.78 is 12.3. The SMILES string of the molecule is COc1ccc(CCNC(=O)Cn2c(CN3CCOCC3)nc3sc4c(c3c2=O)CC[C@@H](C)C4)cc1. The fraction of sp³-hybridized carbons (Fsp3) is 0.519. The summed E-state index contributed by atoms with van der Waals surface area (Å²) >= 11 is 1.66. The van der Waals surface area contributed by atoms with E-state index in [4.69, 9.17) is 14.5 Å². The molecule has 1 fully saturated rings. The maximum Gasteiger partial charge on any atom is 0.263 e. The number of nitrogens with one attached hydrogen (secondary N) is 1. The number of rotatable bonds is 8. The largest absolute Gasteiger partial charge is 0.497 e. The summed E-state index contributed by atoms with van der Waals surface area (Å²) in [6.45, 7) is 6.20. The fourth-order valence-electron chi connectivity index (χ4n) is 5.05. The van der Waals surface area contributed by atoms with E-state index in [9.17, 15) is 9.59 Å². The topological polar surface area (TPSA) is 85.7 Å². The van der Waals surface area contributed by atoms with Gasteiger partial charge in [0.2, 0.25) is 5.91 Å². The summed E-state index contributed by atoms with van der Waals surface area (Å²) in [6, 6.07) is 7.82. The molecule has 192 valence electrons. The Bertz CT molecular complexity index is 1280. The maximum absolute atomic E-state index is 13.8. The van der Waals surface area contributed by atoms with Crippen LogP contribution in [0, 0.1) is 5.92 Å². The third kappa shape index (κ3) is 5.48. The third-order valence-corrected chi connectivity index (χ3v) is 8.31. The lowest BCUT2D eigenvalue weighted by molar-refractivity contribution is -0.121. The molecule has 36 heavy (non-hydrogen) atoms. The van der Waals surface area contributed by atoms with E-state index in [2.05, 4.69) is 17.1 Å². The van der Waals surface area contributed by atoms with Gasteiger partial charge >= 0.3 is 0 Å². The molecule has 2 aromatic heterocycles. The second kappa shape index (κ2) is 11.1. The molecule has 1 aliphatic carbocycles. The number of hydrogen-bond donors (Lipinski definition) is 1. The molecule has 1 aromatic carbocycles. The number of fused-ring (bicyclic) bond motifs is 3. The van der Waals surface area contributed by atoms with Crippen molar-refractivity contribution in [2.45, 2.75) is 45.7 Å². The zero-order valence-electron chi connectivity index (χ0n) is 21.0. The number of methoxy groups -OCH3 is 1. The van der Waals surface area contributed by atoms with Crippen LogP contribution >= 0.6 is 11.3 Å². The van der Waals surface area contributed by atoms with Crippen LogP contribution in [0.4, 0.5) is 0 Å². The average molecular weight is 511 g/mol. The van der Waals surface area contributed by atoms with Crippen LogP contribution in [-0.4, -0.2) is 60.3 Å². The van der Waals surface area contributed by atoms with Gasteiger partial charge in [0.15, 0.2) is 0 Å². The van der Waals surface area contributed by atoms with E-state index in [1.807, 2.05) is 24.3 Å². The Morgan fingerprint density at radius 1 is 1.25 bits per heavy atom. The van der Waals surface area contributed by atoms with Gasteiger partial charge in [-0.1, -0.05) is 19.1 Å². The highest BCUT2D eigenvalue weighted by atomic mass is 32.1. The molecule has 0 spiro atoms. The molecule has 5 rings (SSSR count). The van der Waals surface area contributed by atoms with Crippen LogP contribution in [0.2, 0.25) is 0 Å². The molecule has 8 nitrogen and oxygen atoms in total. The van der Waals surface area contributed by atoms with Gasteiger partial charge in [-0.2, -0.15) is 0 Å². The molecule has 0 unspecified atom stereocenters. The van der Waals surface area contributed by atoms with Gasteiger partial charge in [-0.25, -0.2) is 4.98 Å². The highest BCUT2D eigenvalue weighted by molar-refractivity contribution is 7.18. The van der Waals surface area contributed by atoms with Gasteiger partial charge in [-0.15, -0.1) is 11.3 Å². The minimum Gasteiger partial charge on any atom is -0.497 e. The molecular formula is C27H34N4O4S. The van der Waals surface area contributed by atoms with Crippen molar-refractivity contribution in [3.63, 3.8) is 0 Å². The van der Waals surface area contributed by atoms with Crippen LogP contribution in [0.5, 0.6) is 5.75 Å². The molecule has 3 heterocycles. The number of carbonyl (C=O) groups is 1. The van der Waals surface area contributed by atoms with Crippen molar-refractivity contribution in [1.29, 1.82) is 0 Å². The number of nitrogens with zero attached hydrogens (tertiary/aromatic N) is 3.